The Hall–Kier alpha value is -0.610. The molecule has 0 bridgehead atoms. The van der Waals surface area contributed by atoms with E-state index in [1.54, 1.807) is 0 Å². The Balaban J connectivity index is 3.27. The molecule has 0 aliphatic carbocycles. The number of rotatable bonds is 8. The minimum atomic E-state index is -0.453. The summed E-state index contributed by atoms with van der Waals surface area (Å²) < 4.78 is 4.47. The maximum Gasteiger partial charge on any atom is 0.305 e. The van der Waals surface area contributed by atoms with E-state index >= 15 is 0 Å². The number of ether oxygens (including phenoxy) is 1. The molecule has 0 aliphatic rings. The lowest BCUT2D eigenvalue weighted by Crippen LogP contribution is -2.28. The van der Waals surface area contributed by atoms with E-state index in [-0.39, 0.29) is 12.4 Å². The van der Waals surface area contributed by atoms with Crippen molar-refractivity contribution in [2.45, 2.75) is 38.7 Å². The van der Waals surface area contributed by atoms with Gasteiger partial charge in [0.15, 0.2) is 0 Å². The molecule has 4 heteroatoms. The maximum atomic E-state index is 10.7. The second kappa shape index (κ2) is 8.97. The van der Waals surface area contributed by atoms with Gasteiger partial charge in [0.25, 0.3) is 0 Å². The summed E-state index contributed by atoms with van der Waals surface area (Å²) in [4.78, 5) is 10.7. The molecule has 0 saturated heterocycles. The molecule has 0 rings (SSSR count). The lowest BCUT2D eigenvalue weighted by atomic mass is 10.2. The lowest BCUT2D eigenvalue weighted by Gasteiger charge is -2.10. The minimum Gasteiger partial charge on any atom is -0.469 e. The number of carbonyl (C=O) groups is 1. The van der Waals surface area contributed by atoms with Crippen LogP contribution >= 0.6 is 0 Å². The zero-order chi connectivity index (χ0) is 10.8. The average Bonchev–Trinajstić information content (AvgIpc) is 2.21. The van der Waals surface area contributed by atoms with Crippen molar-refractivity contribution < 1.29 is 14.6 Å². The minimum absolute atomic E-state index is 0.266. The van der Waals surface area contributed by atoms with Gasteiger partial charge in [-0.3, -0.25) is 4.79 Å². The summed E-state index contributed by atoms with van der Waals surface area (Å²) in [6.45, 7) is 3.60. The first-order valence-electron chi connectivity index (χ1n) is 5.16. The predicted molar refractivity (Wildman–Crippen MR) is 55.0 cm³/mol. The highest BCUT2D eigenvalue weighted by molar-refractivity contribution is 5.69. The highest BCUT2D eigenvalue weighted by atomic mass is 16.5. The zero-order valence-electron chi connectivity index (χ0n) is 9.08. The monoisotopic (exact) mass is 203 g/mol. The van der Waals surface area contributed by atoms with Crippen LogP contribution in [-0.4, -0.2) is 37.4 Å². The van der Waals surface area contributed by atoms with E-state index in [1.807, 2.05) is 0 Å². The normalized spacial score (nSPS) is 12.5. The highest BCUT2D eigenvalue weighted by Gasteiger charge is 2.07. The largest absolute Gasteiger partial charge is 0.469 e. The molecule has 0 aromatic rings. The molecule has 14 heavy (non-hydrogen) atoms. The van der Waals surface area contributed by atoms with Gasteiger partial charge in [0.1, 0.15) is 0 Å². The Labute approximate surface area is 85.6 Å². The Bertz CT molecular complexity index is 150. The van der Waals surface area contributed by atoms with Crippen LogP contribution in [0.15, 0.2) is 0 Å². The molecule has 1 atom stereocenters. The number of aliphatic hydroxyl groups is 1. The van der Waals surface area contributed by atoms with Crippen molar-refractivity contribution >= 4 is 5.97 Å². The van der Waals surface area contributed by atoms with Gasteiger partial charge in [0, 0.05) is 13.0 Å². The molecule has 0 radical (unpaired) electrons. The van der Waals surface area contributed by atoms with Crippen molar-refractivity contribution in [3.63, 3.8) is 0 Å². The van der Waals surface area contributed by atoms with Crippen LogP contribution in [0.5, 0.6) is 0 Å². The van der Waals surface area contributed by atoms with Crippen LogP contribution < -0.4 is 5.32 Å². The summed E-state index contributed by atoms with van der Waals surface area (Å²) >= 11 is 0. The molecule has 0 aromatic carbocycles. The molecule has 4 nitrogen and oxygen atoms in total. The average molecular weight is 203 g/mol. The smallest absolute Gasteiger partial charge is 0.305 e. The predicted octanol–water partition coefficient (Wildman–Crippen LogP) is 0.690. The first-order chi connectivity index (χ1) is 6.70. The van der Waals surface area contributed by atoms with Gasteiger partial charge >= 0.3 is 5.97 Å². The SMILES string of the molecule is CCCCNCC(O)CCC(=O)OC. The molecule has 0 saturated carbocycles. The van der Waals surface area contributed by atoms with Crippen molar-refractivity contribution in [2.75, 3.05) is 20.2 Å². The first kappa shape index (κ1) is 13.4. The standard InChI is InChI=1S/C10H21NO3/c1-3-4-7-11-8-9(12)5-6-10(13)14-2/h9,11-12H,3-8H2,1-2H3. The summed E-state index contributed by atoms with van der Waals surface area (Å²) in [5.74, 6) is -0.266. The third kappa shape index (κ3) is 8.01. The fourth-order valence-corrected chi connectivity index (χ4v) is 1.06. The number of aliphatic hydroxyl groups excluding tert-OH is 1. The van der Waals surface area contributed by atoms with E-state index < -0.39 is 6.10 Å². The molecule has 1 unspecified atom stereocenters. The zero-order valence-corrected chi connectivity index (χ0v) is 9.08. The van der Waals surface area contributed by atoms with Crippen LogP contribution in [-0.2, 0) is 9.53 Å². The Morgan fingerprint density at radius 2 is 2.29 bits per heavy atom. The van der Waals surface area contributed by atoms with Gasteiger partial charge in [-0.15, -0.1) is 0 Å². The van der Waals surface area contributed by atoms with Gasteiger partial charge in [-0.05, 0) is 19.4 Å². The van der Waals surface area contributed by atoms with Gasteiger partial charge in [-0.2, -0.15) is 0 Å². The highest BCUT2D eigenvalue weighted by Crippen LogP contribution is 1.97. The van der Waals surface area contributed by atoms with Crippen molar-refractivity contribution in [3.8, 4) is 0 Å². The van der Waals surface area contributed by atoms with Crippen LogP contribution in [0.2, 0.25) is 0 Å². The number of hydrogen-bond acceptors (Lipinski definition) is 4. The van der Waals surface area contributed by atoms with Crippen LogP contribution in [0.1, 0.15) is 32.6 Å². The number of esters is 1. The molecule has 84 valence electrons. The van der Waals surface area contributed by atoms with E-state index in [0.717, 1.165) is 19.4 Å². The van der Waals surface area contributed by atoms with Gasteiger partial charge in [0.05, 0.1) is 13.2 Å². The number of methoxy groups -OCH3 is 1. The lowest BCUT2D eigenvalue weighted by molar-refractivity contribution is -0.141. The second-order valence-electron chi connectivity index (χ2n) is 3.33. The van der Waals surface area contributed by atoms with E-state index in [9.17, 15) is 9.90 Å². The van der Waals surface area contributed by atoms with E-state index in [4.69, 9.17) is 0 Å². The molecule has 2 N–H and O–H groups in total. The molecule has 0 aromatic heterocycles. The number of carbonyl (C=O) groups excluding carboxylic acids is 1. The third-order valence-electron chi connectivity index (χ3n) is 2.00. The fourth-order valence-electron chi connectivity index (χ4n) is 1.06. The topological polar surface area (TPSA) is 58.6 Å². The molecular weight excluding hydrogens is 182 g/mol. The van der Waals surface area contributed by atoms with Gasteiger partial charge in [-0.1, -0.05) is 13.3 Å². The van der Waals surface area contributed by atoms with Crippen LogP contribution in [0.4, 0.5) is 0 Å². The quantitative estimate of drug-likeness (QED) is 0.450. The van der Waals surface area contributed by atoms with E-state index in [2.05, 4.69) is 17.0 Å². The summed E-state index contributed by atoms with van der Waals surface area (Å²) in [7, 11) is 1.36. The molecular formula is C10H21NO3. The van der Waals surface area contributed by atoms with Crippen LogP contribution in [0, 0.1) is 0 Å². The van der Waals surface area contributed by atoms with Gasteiger partial charge in [-0.25, -0.2) is 0 Å². The van der Waals surface area contributed by atoms with E-state index in [1.165, 1.54) is 7.11 Å². The molecule has 0 aliphatic heterocycles. The summed E-state index contributed by atoms with van der Waals surface area (Å²) in [5.41, 5.74) is 0. The third-order valence-corrected chi connectivity index (χ3v) is 2.00. The Morgan fingerprint density at radius 1 is 1.57 bits per heavy atom. The van der Waals surface area contributed by atoms with Crippen LogP contribution in [0.3, 0.4) is 0 Å². The van der Waals surface area contributed by atoms with Crippen molar-refractivity contribution in [3.05, 3.63) is 0 Å². The van der Waals surface area contributed by atoms with Crippen molar-refractivity contribution in [1.82, 2.24) is 5.32 Å². The number of hydrogen-bond donors (Lipinski definition) is 2. The summed E-state index contributed by atoms with van der Waals surface area (Å²) in [6.07, 6.45) is 2.56. The number of nitrogens with one attached hydrogen (secondary N) is 1. The molecule has 0 spiro atoms. The van der Waals surface area contributed by atoms with Crippen molar-refractivity contribution in [2.24, 2.45) is 0 Å². The fraction of sp³-hybridized carbons (Fsp3) is 0.900. The second-order valence-corrected chi connectivity index (χ2v) is 3.33. The first-order valence-corrected chi connectivity index (χ1v) is 5.16. The molecule has 0 fully saturated rings. The van der Waals surface area contributed by atoms with Gasteiger partial charge in [0.2, 0.25) is 0 Å². The van der Waals surface area contributed by atoms with Crippen LogP contribution in [0.25, 0.3) is 0 Å². The molecule has 0 heterocycles. The van der Waals surface area contributed by atoms with Crippen molar-refractivity contribution in [1.29, 1.82) is 0 Å². The van der Waals surface area contributed by atoms with E-state index in [0.29, 0.717) is 13.0 Å². The maximum absolute atomic E-state index is 10.7. The number of unbranched alkanes of at least 4 members (excludes halogenated alkanes) is 1. The van der Waals surface area contributed by atoms with Gasteiger partial charge < -0.3 is 15.2 Å². The Morgan fingerprint density at radius 3 is 2.86 bits per heavy atom. The summed E-state index contributed by atoms with van der Waals surface area (Å²) in [6, 6.07) is 0. The Kier molecular flexibility index (Phi) is 8.57. The molecule has 0 amide bonds. The summed E-state index contributed by atoms with van der Waals surface area (Å²) in [5, 5.41) is 12.5.